The quantitative estimate of drug-likeness (QED) is 0.874. The van der Waals surface area contributed by atoms with E-state index in [0.717, 1.165) is 15.4 Å². The summed E-state index contributed by atoms with van der Waals surface area (Å²) in [6.45, 7) is 0. The maximum atomic E-state index is 12.5. The summed E-state index contributed by atoms with van der Waals surface area (Å²) in [7, 11) is 0. The van der Waals surface area contributed by atoms with Crippen LogP contribution in [0.4, 0.5) is 8.78 Å². The molecule has 1 aromatic heterocycles. The van der Waals surface area contributed by atoms with E-state index in [0.29, 0.717) is 5.56 Å². The molecule has 88 valence electrons. The standard InChI is InChI=1S/C10H9BrF2N2.ClH/c11-5-1-2-8-6(3-5)7(4-15-8)9(14)10(12)13;/h1-4,9-10,15H,14H2;1H/t9-;/m0./s1. The number of hydrogen-bond donors (Lipinski definition) is 2. The molecule has 0 spiro atoms. The maximum absolute atomic E-state index is 12.5. The van der Waals surface area contributed by atoms with Crippen LogP contribution >= 0.6 is 28.3 Å². The van der Waals surface area contributed by atoms with E-state index in [2.05, 4.69) is 20.9 Å². The molecule has 0 bridgehead atoms. The fourth-order valence-corrected chi connectivity index (χ4v) is 1.89. The Balaban J connectivity index is 0.00000128. The molecule has 0 saturated carbocycles. The maximum Gasteiger partial charge on any atom is 0.257 e. The molecule has 0 aliphatic carbocycles. The molecular weight excluding hydrogens is 301 g/mol. The van der Waals surface area contributed by atoms with E-state index in [1.165, 1.54) is 6.20 Å². The third kappa shape index (κ3) is 2.36. The number of halogens is 4. The fourth-order valence-electron chi connectivity index (χ4n) is 1.53. The zero-order valence-corrected chi connectivity index (χ0v) is 10.5. The van der Waals surface area contributed by atoms with Crippen molar-refractivity contribution in [2.45, 2.75) is 12.5 Å². The minimum atomic E-state index is -2.55. The first kappa shape index (κ1) is 13.4. The number of fused-ring (bicyclic) bond motifs is 1. The van der Waals surface area contributed by atoms with Gasteiger partial charge in [0.15, 0.2) is 0 Å². The lowest BCUT2D eigenvalue weighted by Gasteiger charge is -2.08. The summed E-state index contributed by atoms with van der Waals surface area (Å²) in [5, 5.41) is 0.733. The van der Waals surface area contributed by atoms with Crippen molar-refractivity contribution in [1.82, 2.24) is 4.98 Å². The zero-order chi connectivity index (χ0) is 11.0. The molecule has 0 radical (unpaired) electrons. The average Bonchev–Trinajstić information content (AvgIpc) is 2.59. The van der Waals surface area contributed by atoms with Gasteiger partial charge in [0.05, 0.1) is 6.04 Å². The first-order valence-corrected chi connectivity index (χ1v) is 5.19. The van der Waals surface area contributed by atoms with Crippen LogP contribution < -0.4 is 5.73 Å². The Hall–Kier alpha value is -0.650. The topological polar surface area (TPSA) is 41.8 Å². The van der Waals surface area contributed by atoms with Crippen LogP contribution in [0.3, 0.4) is 0 Å². The highest BCUT2D eigenvalue weighted by molar-refractivity contribution is 9.10. The number of aromatic amines is 1. The Bertz CT molecular complexity index is 487. The van der Waals surface area contributed by atoms with Gasteiger partial charge >= 0.3 is 0 Å². The van der Waals surface area contributed by atoms with Crippen molar-refractivity contribution >= 4 is 39.2 Å². The van der Waals surface area contributed by atoms with Crippen molar-refractivity contribution in [2.75, 3.05) is 0 Å². The van der Waals surface area contributed by atoms with Crippen LogP contribution in [0.1, 0.15) is 11.6 Å². The Morgan fingerprint density at radius 3 is 2.62 bits per heavy atom. The lowest BCUT2D eigenvalue weighted by Crippen LogP contribution is -2.18. The number of alkyl halides is 2. The second-order valence-corrected chi connectivity index (χ2v) is 4.21. The molecule has 0 saturated heterocycles. The number of benzene rings is 1. The van der Waals surface area contributed by atoms with Gasteiger partial charge in [0.2, 0.25) is 0 Å². The van der Waals surface area contributed by atoms with E-state index in [1.807, 2.05) is 12.1 Å². The number of rotatable bonds is 2. The molecule has 0 aliphatic rings. The van der Waals surface area contributed by atoms with Crippen LogP contribution in [-0.2, 0) is 0 Å². The average molecular weight is 312 g/mol. The van der Waals surface area contributed by atoms with Gasteiger partial charge in [-0.1, -0.05) is 15.9 Å². The van der Waals surface area contributed by atoms with Crippen molar-refractivity contribution in [3.63, 3.8) is 0 Å². The molecule has 6 heteroatoms. The summed E-state index contributed by atoms with van der Waals surface area (Å²) in [6.07, 6.45) is -1.02. The molecule has 2 nitrogen and oxygen atoms in total. The summed E-state index contributed by atoms with van der Waals surface area (Å²) in [5.74, 6) is 0. The highest BCUT2D eigenvalue weighted by Crippen LogP contribution is 2.28. The van der Waals surface area contributed by atoms with Gasteiger partial charge in [0.25, 0.3) is 6.43 Å². The third-order valence-corrected chi connectivity index (χ3v) is 2.80. The summed E-state index contributed by atoms with van der Waals surface area (Å²) >= 11 is 3.30. The summed E-state index contributed by atoms with van der Waals surface area (Å²) in [4.78, 5) is 2.92. The second-order valence-electron chi connectivity index (χ2n) is 3.29. The minimum Gasteiger partial charge on any atom is -0.361 e. The van der Waals surface area contributed by atoms with E-state index >= 15 is 0 Å². The van der Waals surface area contributed by atoms with Crippen molar-refractivity contribution in [3.05, 3.63) is 34.4 Å². The highest BCUT2D eigenvalue weighted by atomic mass is 79.9. The van der Waals surface area contributed by atoms with Crippen LogP contribution in [0.2, 0.25) is 0 Å². The third-order valence-electron chi connectivity index (χ3n) is 2.31. The first-order valence-electron chi connectivity index (χ1n) is 4.40. The molecule has 2 rings (SSSR count). The zero-order valence-electron chi connectivity index (χ0n) is 8.08. The van der Waals surface area contributed by atoms with E-state index in [1.54, 1.807) is 6.07 Å². The molecule has 0 fully saturated rings. The normalized spacial score (nSPS) is 12.8. The van der Waals surface area contributed by atoms with Gasteiger partial charge in [0, 0.05) is 21.6 Å². The van der Waals surface area contributed by atoms with E-state index in [9.17, 15) is 8.78 Å². The van der Waals surface area contributed by atoms with Gasteiger partial charge in [0.1, 0.15) is 0 Å². The molecule has 3 N–H and O–H groups in total. The number of aromatic nitrogens is 1. The molecule has 0 amide bonds. The lowest BCUT2D eigenvalue weighted by molar-refractivity contribution is 0.117. The number of nitrogens with two attached hydrogens (primary N) is 1. The Morgan fingerprint density at radius 2 is 2.00 bits per heavy atom. The largest absolute Gasteiger partial charge is 0.361 e. The predicted molar refractivity (Wildman–Crippen MR) is 66.2 cm³/mol. The van der Waals surface area contributed by atoms with Gasteiger partial charge < -0.3 is 10.7 Å². The number of hydrogen-bond acceptors (Lipinski definition) is 1. The summed E-state index contributed by atoms with van der Waals surface area (Å²) in [6, 6.07) is 4.20. The molecular formula is C10H10BrClF2N2. The van der Waals surface area contributed by atoms with Crippen LogP contribution in [0, 0.1) is 0 Å². The molecule has 16 heavy (non-hydrogen) atoms. The Labute approximate surface area is 106 Å². The monoisotopic (exact) mass is 310 g/mol. The molecule has 0 unspecified atom stereocenters. The molecule has 1 atom stereocenters. The molecule has 1 aromatic carbocycles. The van der Waals surface area contributed by atoms with Gasteiger partial charge in [-0.3, -0.25) is 0 Å². The second kappa shape index (κ2) is 5.12. The predicted octanol–water partition coefficient (Wildman–Crippen LogP) is 3.62. The van der Waals surface area contributed by atoms with Gasteiger partial charge in [-0.05, 0) is 23.8 Å². The van der Waals surface area contributed by atoms with Crippen molar-refractivity contribution < 1.29 is 8.78 Å². The van der Waals surface area contributed by atoms with E-state index < -0.39 is 12.5 Å². The SMILES string of the molecule is Cl.N[C@@H](c1c[nH]c2ccc(Br)cc12)C(F)F. The Kier molecular flexibility index (Phi) is 4.29. The van der Waals surface area contributed by atoms with Crippen LogP contribution in [0.5, 0.6) is 0 Å². The number of H-pyrrole nitrogens is 1. The first-order chi connectivity index (χ1) is 7.09. The van der Waals surface area contributed by atoms with E-state index in [4.69, 9.17) is 5.73 Å². The van der Waals surface area contributed by atoms with Crippen LogP contribution in [0.15, 0.2) is 28.9 Å². The smallest absolute Gasteiger partial charge is 0.257 e. The van der Waals surface area contributed by atoms with Crippen LogP contribution in [0.25, 0.3) is 10.9 Å². The molecule has 0 aliphatic heterocycles. The van der Waals surface area contributed by atoms with Crippen molar-refractivity contribution in [2.24, 2.45) is 5.73 Å². The van der Waals surface area contributed by atoms with Gasteiger partial charge in [-0.25, -0.2) is 8.78 Å². The summed E-state index contributed by atoms with van der Waals surface area (Å²) in [5.41, 5.74) is 6.67. The number of nitrogens with one attached hydrogen (secondary N) is 1. The minimum absolute atomic E-state index is 0. The fraction of sp³-hybridized carbons (Fsp3) is 0.200. The highest BCUT2D eigenvalue weighted by Gasteiger charge is 2.20. The van der Waals surface area contributed by atoms with E-state index in [-0.39, 0.29) is 12.4 Å². The van der Waals surface area contributed by atoms with Crippen molar-refractivity contribution in [3.8, 4) is 0 Å². The summed E-state index contributed by atoms with van der Waals surface area (Å²) < 4.78 is 25.8. The molecule has 2 aromatic rings. The van der Waals surface area contributed by atoms with Gasteiger partial charge in [-0.2, -0.15) is 0 Å². The Morgan fingerprint density at radius 1 is 1.31 bits per heavy atom. The lowest BCUT2D eigenvalue weighted by atomic mass is 10.1. The van der Waals surface area contributed by atoms with Gasteiger partial charge in [-0.15, -0.1) is 12.4 Å². The molecule has 1 heterocycles. The van der Waals surface area contributed by atoms with Crippen molar-refractivity contribution in [1.29, 1.82) is 0 Å². The van der Waals surface area contributed by atoms with Crippen LogP contribution in [-0.4, -0.2) is 11.4 Å².